The first-order chi connectivity index (χ1) is 6.81. The maximum absolute atomic E-state index is 10.9. The van der Waals surface area contributed by atoms with Gasteiger partial charge in [-0.1, -0.05) is 12.2 Å². The Hall–Kier alpha value is -1.91. The Morgan fingerprint density at radius 2 is 1.43 bits per heavy atom. The standard InChI is InChI=1S/C9H14N4O/c1-3-5-7-10-12-9(14)13-11-8-6-4-2/h3-8H,1-2H3,(H2,12,13,14)/b5-3-,6-4+,10-7+,11-8+. The smallest absolute Gasteiger partial charge is 0.245 e. The highest BCUT2D eigenvalue weighted by Gasteiger charge is 1.90. The Balaban J connectivity index is 3.65. The lowest BCUT2D eigenvalue weighted by molar-refractivity contribution is 0.242. The molecule has 0 unspecified atom stereocenters. The molecule has 0 rings (SSSR count). The molecule has 0 atom stereocenters. The van der Waals surface area contributed by atoms with Crippen molar-refractivity contribution in [1.29, 1.82) is 0 Å². The predicted molar refractivity (Wildman–Crippen MR) is 58.3 cm³/mol. The molecular formula is C9H14N4O. The number of hydrogen-bond acceptors (Lipinski definition) is 3. The number of amides is 2. The van der Waals surface area contributed by atoms with Gasteiger partial charge < -0.3 is 0 Å². The van der Waals surface area contributed by atoms with Gasteiger partial charge in [0.25, 0.3) is 0 Å². The SMILES string of the molecule is C/C=C\C=N\NC(=O)N/N=C/C=C/C. The van der Waals surface area contributed by atoms with E-state index in [9.17, 15) is 4.79 Å². The summed E-state index contributed by atoms with van der Waals surface area (Å²) >= 11 is 0. The van der Waals surface area contributed by atoms with Crippen LogP contribution in [0.3, 0.4) is 0 Å². The number of nitrogens with one attached hydrogen (secondary N) is 2. The molecule has 2 amide bonds. The molecule has 0 spiro atoms. The van der Waals surface area contributed by atoms with Crippen LogP contribution in [0.1, 0.15) is 13.8 Å². The van der Waals surface area contributed by atoms with Crippen LogP contribution in [-0.2, 0) is 0 Å². The molecule has 0 aliphatic carbocycles. The normalized spacial score (nSPS) is 12.1. The number of carbonyl (C=O) groups is 1. The van der Waals surface area contributed by atoms with Crippen molar-refractivity contribution in [2.75, 3.05) is 0 Å². The Kier molecular flexibility index (Phi) is 7.93. The number of hydrogen-bond donors (Lipinski definition) is 2. The van der Waals surface area contributed by atoms with Crippen LogP contribution in [0, 0.1) is 0 Å². The van der Waals surface area contributed by atoms with Crippen molar-refractivity contribution in [3.8, 4) is 0 Å². The highest BCUT2D eigenvalue weighted by Crippen LogP contribution is 1.68. The van der Waals surface area contributed by atoms with E-state index in [0.29, 0.717) is 0 Å². The number of hydrazone groups is 2. The number of carbonyl (C=O) groups excluding carboxylic acids is 1. The van der Waals surface area contributed by atoms with Crippen molar-refractivity contribution in [3.63, 3.8) is 0 Å². The fraction of sp³-hybridized carbons (Fsp3) is 0.222. The largest absolute Gasteiger partial charge is 0.355 e. The van der Waals surface area contributed by atoms with Gasteiger partial charge >= 0.3 is 6.03 Å². The molecule has 0 bridgehead atoms. The maximum atomic E-state index is 10.9. The molecule has 0 saturated carbocycles. The Morgan fingerprint density at radius 3 is 1.79 bits per heavy atom. The van der Waals surface area contributed by atoms with E-state index in [1.165, 1.54) is 12.4 Å². The Labute approximate surface area is 83.3 Å². The van der Waals surface area contributed by atoms with Crippen LogP contribution in [-0.4, -0.2) is 18.5 Å². The van der Waals surface area contributed by atoms with Crippen molar-refractivity contribution < 1.29 is 4.79 Å². The van der Waals surface area contributed by atoms with Gasteiger partial charge in [0.2, 0.25) is 0 Å². The number of allylic oxidation sites excluding steroid dienone is 4. The van der Waals surface area contributed by atoms with Gasteiger partial charge in [-0.3, -0.25) is 0 Å². The average Bonchev–Trinajstić information content (AvgIpc) is 2.19. The summed E-state index contributed by atoms with van der Waals surface area (Å²) in [5.74, 6) is 0. The van der Waals surface area contributed by atoms with Crippen LogP contribution in [0.2, 0.25) is 0 Å². The van der Waals surface area contributed by atoms with Crippen molar-refractivity contribution in [1.82, 2.24) is 10.9 Å². The molecule has 0 aliphatic rings. The van der Waals surface area contributed by atoms with Crippen LogP contribution >= 0.6 is 0 Å². The molecule has 0 heterocycles. The molecule has 0 aromatic rings. The maximum Gasteiger partial charge on any atom is 0.355 e. The van der Waals surface area contributed by atoms with Gasteiger partial charge in [0.05, 0.1) is 0 Å². The van der Waals surface area contributed by atoms with Crippen molar-refractivity contribution in [2.24, 2.45) is 10.2 Å². The minimum atomic E-state index is -0.480. The molecule has 0 saturated heterocycles. The molecule has 76 valence electrons. The minimum Gasteiger partial charge on any atom is -0.245 e. The summed E-state index contributed by atoms with van der Waals surface area (Å²) in [7, 11) is 0. The van der Waals surface area contributed by atoms with Crippen LogP contribution < -0.4 is 10.9 Å². The van der Waals surface area contributed by atoms with Crippen LogP contribution in [0.4, 0.5) is 4.79 Å². The van der Waals surface area contributed by atoms with Crippen molar-refractivity contribution in [3.05, 3.63) is 24.3 Å². The van der Waals surface area contributed by atoms with Crippen molar-refractivity contribution >= 4 is 18.5 Å². The summed E-state index contributed by atoms with van der Waals surface area (Å²) in [6, 6.07) is -0.480. The van der Waals surface area contributed by atoms with E-state index in [0.717, 1.165) is 0 Å². The third kappa shape index (κ3) is 8.19. The molecule has 2 N–H and O–H groups in total. The van der Waals surface area contributed by atoms with E-state index in [1.807, 2.05) is 13.8 Å². The summed E-state index contributed by atoms with van der Waals surface area (Å²) in [5.41, 5.74) is 4.45. The first-order valence-electron chi connectivity index (χ1n) is 4.16. The van der Waals surface area contributed by atoms with Gasteiger partial charge in [-0.25, -0.2) is 15.6 Å². The van der Waals surface area contributed by atoms with E-state index in [4.69, 9.17) is 0 Å². The lowest BCUT2D eigenvalue weighted by Crippen LogP contribution is -2.28. The molecule has 0 aromatic heterocycles. The first-order valence-corrected chi connectivity index (χ1v) is 4.16. The van der Waals surface area contributed by atoms with E-state index in [1.54, 1.807) is 24.3 Å². The Morgan fingerprint density at radius 1 is 1.00 bits per heavy atom. The second-order valence-corrected chi connectivity index (χ2v) is 2.16. The molecule has 0 fully saturated rings. The van der Waals surface area contributed by atoms with E-state index < -0.39 is 6.03 Å². The second kappa shape index (κ2) is 9.18. The monoisotopic (exact) mass is 194 g/mol. The average molecular weight is 194 g/mol. The second-order valence-electron chi connectivity index (χ2n) is 2.16. The predicted octanol–water partition coefficient (Wildman–Crippen LogP) is 1.41. The fourth-order valence-electron chi connectivity index (χ4n) is 0.475. The van der Waals surface area contributed by atoms with E-state index in [-0.39, 0.29) is 0 Å². The third-order valence-corrected chi connectivity index (χ3v) is 1.04. The summed E-state index contributed by atoms with van der Waals surface area (Å²) in [5, 5.41) is 7.19. The van der Waals surface area contributed by atoms with Crippen molar-refractivity contribution in [2.45, 2.75) is 13.8 Å². The van der Waals surface area contributed by atoms with Crippen LogP contribution in [0.15, 0.2) is 34.5 Å². The van der Waals surface area contributed by atoms with Gasteiger partial charge in [0, 0.05) is 12.4 Å². The van der Waals surface area contributed by atoms with Crippen LogP contribution in [0.5, 0.6) is 0 Å². The topological polar surface area (TPSA) is 65.8 Å². The first kappa shape index (κ1) is 12.1. The molecule has 0 aliphatic heterocycles. The summed E-state index contributed by atoms with van der Waals surface area (Å²) in [6.07, 6.45) is 9.93. The third-order valence-electron chi connectivity index (χ3n) is 1.04. The van der Waals surface area contributed by atoms with Gasteiger partial charge in [-0.15, -0.1) is 0 Å². The zero-order valence-electron chi connectivity index (χ0n) is 8.27. The fourth-order valence-corrected chi connectivity index (χ4v) is 0.475. The highest BCUT2D eigenvalue weighted by molar-refractivity contribution is 5.78. The summed E-state index contributed by atoms with van der Waals surface area (Å²) in [6.45, 7) is 3.71. The lowest BCUT2D eigenvalue weighted by atomic mass is 10.6. The molecule has 5 nitrogen and oxygen atoms in total. The van der Waals surface area contributed by atoms with Gasteiger partial charge in [0.15, 0.2) is 0 Å². The lowest BCUT2D eigenvalue weighted by Gasteiger charge is -1.94. The molecule has 0 radical (unpaired) electrons. The Bertz CT molecular complexity index is 240. The molecule has 5 heteroatoms. The minimum absolute atomic E-state index is 0.480. The summed E-state index contributed by atoms with van der Waals surface area (Å²) < 4.78 is 0. The van der Waals surface area contributed by atoms with Gasteiger partial charge in [-0.2, -0.15) is 10.2 Å². The number of rotatable bonds is 4. The molecule has 14 heavy (non-hydrogen) atoms. The number of urea groups is 1. The molecule has 0 aromatic carbocycles. The van der Waals surface area contributed by atoms with Gasteiger partial charge in [0.1, 0.15) is 0 Å². The summed E-state index contributed by atoms with van der Waals surface area (Å²) in [4.78, 5) is 10.9. The highest BCUT2D eigenvalue weighted by atomic mass is 16.2. The zero-order valence-corrected chi connectivity index (χ0v) is 8.27. The van der Waals surface area contributed by atoms with E-state index in [2.05, 4.69) is 21.1 Å². The van der Waals surface area contributed by atoms with Gasteiger partial charge in [-0.05, 0) is 26.0 Å². The molecular weight excluding hydrogens is 180 g/mol. The number of nitrogens with zero attached hydrogens (tertiary/aromatic N) is 2. The van der Waals surface area contributed by atoms with Crippen LogP contribution in [0.25, 0.3) is 0 Å². The zero-order chi connectivity index (χ0) is 10.6. The quantitative estimate of drug-likeness (QED) is 0.515. The van der Waals surface area contributed by atoms with E-state index >= 15 is 0 Å².